The number of aromatic nitrogens is 2. The maximum Gasteiger partial charge on any atom is 0.322 e. The normalized spacial score (nSPS) is 11.6. The molecule has 140 valence electrons. The predicted octanol–water partition coefficient (Wildman–Crippen LogP) is 3.82. The van der Waals surface area contributed by atoms with Crippen molar-refractivity contribution in [3.8, 4) is 11.5 Å². The van der Waals surface area contributed by atoms with Gasteiger partial charge in [-0.3, -0.25) is 10.1 Å². The van der Waals surface area contributed by atoms with Crippen molar-refractivity contribution < 1.29 is 17.6 Å². The van der Waals surface area contributed by atoms with Crippen LogP contribution in [0.2, 0.25) is 5.02 Å². The highest BCUT2D eigenvalue weighted by Crippen LogP contribution is 2.23. The second-order valence-electron chi connectivity index (χ2n) is 5.99. The first-order valence-electron chi connectivity index (χ1n) is 8.02. The van der Waals surface area contributed by atoms with Crippen molar-refractivity contribution in [1.29, 1.82) is 0 Å². The number of nitrogens with zero attached hydrogens (tertiary/aromatic N) is 2. The molecule has 0 aliphatic heterocycles. The molecule has 0 aliphatic rings. The molecule has 9 heteroatoms. The minimum atomic E-state index is -3.39. The molecule has 0 bridgehead atoms. The van der Waals surface area contributed by atoms with E-state index >= 15 is 0 Å². The third-order valence-electron chi connectivity index (χ3n) is 3.78. The third kappa shape index (κ3) is 4.17. The Hall–Kier alpha value is -2.71. The van der Waals surface area contributed by atoms with E-state index in [1.54, 1.807) is 38.1 Å². The maximum atomic E-state index is 12.3. The summed E-state index contributed by atoms with van der Waals surface area (Å²) in [4.78, 5) is 12.5. The molecule has 0 unspecified atom stereocenters. The summed E-state index contributed by atoms with van der Waals surface area (Å²) in [6.07, 6.45) is 0. The molecule has 1 amide bonds. The van der Waals surface area contributed by atoms with Gasteiger partial charge in [-0.15, -0.1) is 5.10 Å². The first-order valence-corrected chi connectivity index (χ1v) is 9.94. The van der Waals surface area contributed by atoms with Gasteiger partial charge in [-0.05, 0) is 56.3 Å². The molecule has 0 spiro atoms. The quantitative estimate of drug-likeness (QED) is 0.692. The van der Waals surface area contributed by atoms with E-state index in [2.05, 4.69) is 15.5 Å². The van der Waals surface area contributed by atoms with Crippen molar-refractivity contribution in [1.82, 2.24) is 10.2 Å². The first-order chi connectivity index (χ1) is 12.8. The predicted molar refractivity (Wildman–Crippen MR) is 101 cm³/mol. The molecule has 0 saturated carbocycles. The molecule has 0 aliphatic carbocycles. The average Bonchev–Trinajstić information content (AvgIpc) is 3.10. The van der Waals surface area contributed by atoms with Crippen LogP contribution in [0.4, 0.5) is 6.01 Å². The molecule has 0 atom stereocenters. The second-order valence-corrected chi connectivity index (χ2v) is 8.94. The zero-order valence-corrected chi connectivity index (χ0v) is 16.1. The standard InChI is InChI=1S/C18H16ClN3O4S/c1-11(2)27(24,25)15-8-6-12(7-9-15)16(23)20-18-22-21-17(26-18)13-4-3-5-14(19)10-13/h3-11H,1-2H3,(H,20,22,23). The number of hydrogen-bond donors (Lipinski definition) is 1. The molecular formula is C18H16ClN3O4S. The molecule has 0 fully saturated rings. The number of amides is 1. The monoisotopic (exact) mass is 405 g/mol. The summed E-state index contributed by atoms with van der Waals surface area (Å²) in [6, 6.07) is 12.4. The lowest BCUT2D eigenvalue weighted by Crippen LogP contribution is -2.15. The zero-order valence-electron chi connectivity index (χ0n) is 14.5. The van der Waals surface area contributed by atoms with Crippen molar-refractivity contribution in [2.45, 2.75) is 24.0 Å². The van der Waals surface area contributed by atoms with Crippen LogP contribution in [0.3, 0.4) is 0 Å². The van der Waals surface area contributed by atoms with Gasteiger partial charge in [-0.2, -0.15) is 0 Å². The molecule has 1 N–H and O–H groups in total. The highest BCUT2D eigenvalue weighted by molar-refractivity contribution is 7.92. The number of benzene rings is 2. The summed E-state index contributed by atoms with van der Waals surface area (Å²) in [7, 11) is -3.39. The Morgan fingerprint density at radius 1 is 1.11 bits per heavy atom. The van der Waals surface area contributed by atoms with Crippen molar-refractivity contribution in [3.63, 3.8) is 0 Å². The number of rotatable bonds is 5. The van der Waals surface area contributed by atoms with E-state index in [9.17, 15) is 13.2 Å². The summed E-state index contributed by atoms with van der Waals surface area (Å²) < 4.78 is 29.7. The molecule has 3 rings (SSSR count). The Kier molecular flexibility index (Phi) is 5.29. The van der Waals surface area contributed by atoms with Crippen molar-refractivity contribution in [2.75, 3.05) is 5.32 Å². The van der Waals surface area contributed by atoms with E-state index in [1.165, 1.54) is 24.3 Å². The number of sulfone groups is 1. The molecule has 0 saturated heterocycles. The van der Waals surface area contributed by atoms with Crippen LogP contribution < -0.4 is 5.32 Å². The largest absolute Gasteiger partial charge is 0.403 e. The molecule has 3 aromatic rings. The van der Waals surface area contributed by atoms with E-state index in [0.717, 1.165) is 0 Å². The van der Waals surface area contributed by atoms with Crippen LogP contribution in [0.25, 0.3) is 11.5 Å². The molecule has 1 aromatic heterocycles. The number of hydrogen-bond acceptors (Lipinski definition) is 6. The van der Waals surface area contributed by atoms with Crippen LogP contribution in [-0.2, 0) is 9.84 Å². The molecule has 7 nitrogen and oxygen atoms in total. The second kappa shape index (κ2) is 7.50. The van der Waals surface area contributed by atoms with Crippen molar-refractivity contribution in [3.05, 3.63) is 59.1 Å². The highest BCUT2D eigenvalue weighted by Gasteiger charge is 2.20. The molecule has 2 aromatic carbocycles. The van der Waals surface area contributed by atoms with E-state index in [0.29, 0.717) is 10.6 Å². The summed E-state index contributed by atoms with van der Waals surface area (Å²) >= 11 is 5.93. The van der Waals surface area contributed by atoms with Crippen molar-refractivity contribution in [2.24, 2.45) is 0 Å². The first kappa shape index (κ1) is 19.1. The van der Waals surface area contributed by atoms with Gasteiger partial charge in [0.2, 0.25) is 5.89 Å². The van der Waals surface area contributed by atoms with E-state index in [1.807, 2.05) is 0 Å². The highest BCUT2D eigenvalue weighted by atomic mass is 35.5. The zero-order chi connectivity index (χ0) is 19.6. The van der Waals surface area contributed by atoms with E-state index < -0.39 is 21.0 Å². The summed E-state index contributed by atoms with van der Waals surface area (Å²) in [6.45, 7) is 3.20. The van der Waals surface area contributed by atoms with Gasteiger partial charge in [0.1, 0.15) is 0 Å². The van der Waals surface area contributed by atoms with Crippen LogP contribution >= 0.6 is 11.6 Å². The molecular weight excluding hydrogens is 390 g/mol. The van der Waals surface area contributed by atoms with E-state index in [4.69, 9.17) is 16.0 Å². The van der Waals surface area contributed by atoms with Gasteiger partial charge in [0.25, 0.3) is 5.91 Å². The summed E-state index contributed by atoms with van der Waals surface area (Å²) in [5.41, 5.74) is 0.888. The van der Waals surface area contributed by atoms with Gasteiger partial charge in [0.05, 0.1) is 10.1 Å². The van der Waals surface area contributed by atoms with Gasteiger partial charge in [-0.1, -0.05) is 22.8 Å². The third-order valence-corrected chi connectivity index (χ3v) is 6.19. The van der Waals surface area contributed by atoms with Gasteiger partial charge < -0.3 is 4.42 Å². The van der Waals surface area contributed by atoms with Crippen LogP contribution in [-0.4, -0.2) is 29.8 Å². The SMILES string of the molecule is CC(C)S(=O)(=O)c1ccc(C(=O)Nc2nnc(-c3cccc(Cl)c3)o2)cc1. The van der Waals surface area contributed by atoms with E-state index in [-0.39, 0.29) is 22.4 Å². The Morgan fingerprint density at radius 2 is 1.81 bits per heavy atom. The lowest BCUT2D eigenvalue weighted by Gasteiger charge is -2.08. The van der Waals surface area contributed by atoms with Gasteiger partial charge >= 0.3 is 6.01 Å². The molecule has 1 heterocycles. The topological polar surface area (TPSA) is 102 Å². The maximum absolute atomic E-state index is 12.3. The number of carbonyl (C=O) groups excluding carboxylic acids is 1. The Labute approximate surface area is 161 Å². The van der Waals surface area contributed by atoms with Gasteiger partial charge in [0.15, 0.2) is 9.84 Å². The fourth-order valence-electron chi connectivity index (χ4n) is 2.25. The van der Waals surface area contributed by atoms with Gasteiger partial charge in [-0.25, -0.2) is 8.42 Å². The summed E-state index contributed by atoms with van der Waals surface area (Å²) in [5.74, 6) is -0.282. The minimum absolute atomic E-state index is 0.0751. The summed E-state index contributed by atoms with van der Waals surface area (Å²) in [5, 5.41) is 10.1. The van der Waals surface area contributed by atoms with Crippen LogP contribution in [0, 0.1) is 0 Å². The smallest absolute Gasteiger partial charge is 0.322 e. The number of halogens is 1. The lowest BCUT2D eigenvalue weighted by molar-refractivity contribution is 0.102. The van der Waals surface area contributed by atoms with Crippen molar-refractivity contribution >= 4 is 33.4 Å². The molecule has 27 heavy (non-hydrogen) atoms. The Balaban J connectivity index is 1.75. The van der Waals surface area contributed by atoms with Gasteiger partial charge in [0, 0.05) is 16.1 Å². The number of carbonyl (C=O) groups is 1. The number of nitrogens with one attached hydrogen (secondary N) is 1. The van der Waals surface area contributed by atoms with Crippen LogP contribution in [0.1, 0.15) is 24.2 Å². The Bertz CT molecular complexity index is 1080. The number of anilines is 1. The fourth-order valence-corrected chi connectivity index (χ4v) is 3.50. The minimum Gasteiger partial charge on any atom is -0.403 e. The lowest BCUT2D eigenvalue weighted by atomic mass is 10.2. The van der Waals surface area contributed by atoms with Crippen LogP contribution in [0.15, 0.2) is 57.8 Å². The fraction of sp³-hybridized carbons (Fsp3) is 0.167. The molecule has 0 radical (unpaired) electrons. The Morgan fingerprint density at radius 3 is 2.44 bits per heavy atom. The van der Waals surface area contributed by atoms with Crippen LogP contribution in [0.5, 0.6) is 0 Å². The average molecular weight is 406 g/mol.